The zero-order valence-corrected chi connectivity index (χ0v) is 16.3. The lowest BCUT2D eigenvalue weighted by Gasteiger charge is -2.41. The van der Waals surface area contributed by atoms with Gasteiger partial charge in [-0.1, -0.05) is 11.6 Å². The molecule has 0 atom stereocenters. The van der Waals surface area contributed by atoms with Crippen molar-refractivity contribution in [2.75, 3.05) is 39.9 Å². The summed E-state index contributed by atoms with van der Waals surface area (Å²) in [6.45, 7) is 8.52. The number of amides is 2. The van der Waals surface area contributed by atoms with Gasteiger partial charge >= 0.3 is 6.03 Å². The third kappa shape index (κ3) is 4.47. The van der Waals surface area contributed by atoms with Crippen molar-refractivity contribution >= 4 is 28.7 Å². The quantitative estimate of drug-likeness (QED) is 0.837. The zero-order valence-electron chi connectivity index (χ0n) is 15.5. The van der Waals surface area contributed by atoms with E-state index in [0.29, 0.717) is 18.1 Å². The molecule has 2 N–H and O–H groups in total. The Morgan fingerprint density at radius 2 is 2.15 bits per heavy atom. The van der Waals surface area contributed by atoms with Crippen molar-refractivity contribution in [3.63, 3.8) is 0 Å². The molecule has 0 radical (unpaired) electrons. The summed E-state index contributed by atoms with van der Waals surface area (Å²) in [4.78, 5) is 24.1. The number of aromatic nitrogens is 2. The SMILES string of the molecule is CN(Cc1nc2ccc(Cl)cc2[nH]1)C(=O)NCC(C)(C)N1CCOCC1. The summed E-state index contributed by atoms with van der Waals surface area (Å²) < 4.78 is 5.40. The predicted octanol–water partition coefficient (Wildman–Crippen LogP) is 2.47. The summed E-state index contributed by atoms with van der Waals surface area (Å²) in [5, 5.41) is 3.68. The Morgan fingerprint density at radius 3 is 2.88 bits per heavy atom. The van der Waals surface area contributed by atoms with Gasteiger partial charge in [0.05, 0.1) is 30.8 Å². The van der Waals surface area contributed by atoms with Gasteiger partial charge < -0.3 is 19.9 Å². The van der Waals surface area contributed by atoms with Gasteiger partial charge in [0.15, 0.2) is 0 Å². The lowest BCUT2D eigenvalue weighted by atomic mass is 10.0. The highest BCUT2D eigenvalue weighted by Gasteiger charge is 2.29. The van der Waals surface area contributed by atoms with Gasteiger partial charge in [0, 0.05) is 37.2 Å². The molecule has 1 saturated heterocycles. The first-order valence-electron chi connectivity index (χ1n) is 8.81. The molecular formula is C18H26ClN5O2. The van der Waals surface area contributed by atoms with Gasteiger partial charge in [-0.2, -0.15) is 0 Å². The molecule has 1 aliphatic heterocycles. The maximum Gasteiger partial charge on any atom is 0.317 e. The van der Waals surface area contributed by atoms with Gasteiger partial charge in [-0.15, -0.1) is 0 Å². The maximum atomic E-state index is 12.5. The van der Waals surface area contributed by atoms with Crippen LogP contribution in [0.1, 0.15) is 19.7 Å². The molecule has 26 heavy (non-hydrogen) atoms. The fourth-order valence-electron chi connectivity index (χ4n) is 3.11. The van der Waals surface area contributed by atoms with Gasteiger partial charge in [0.2, 0.25) is 0 Å². The Bertz CT molecular complexity index is 770. The van der Waals surface area contributed by atoms with Crippen LogP contribution >= 0.6 is 11.6 Å². The second-order valence-corrected chi connectivity index (χ2v) is 7.71. The first-order chi connectivity index (χ1) is 12.3. The number of carbonyl (C=O) groups is 1. The molecule has 0 unspecified atom stereocenters. The number of nitrogens with one attached hydrogen (secondary N) is 2. The van der Waals surface area contributed by atoms with Gasteiger partial charge in [-0.3, -0.25) is 4.90 Å². The number of H-pyrrole nitrogens is 1. The number of halogens is 1. The van der Waals surface area contributed by atoms with Crippen LogP contribution in [0.5, 0.6) is 0 Å². The normalized spacial score (nSPS) is 16.0. The van der Waals surface area contributed by atoms with E-state index >= 15 is 0 Å². The number of rotatable bonds is 5. The highest BCUT2D eigenvalue weighted by molar-refractivity contribution is 6.31. The van der Waals surface area contributed by atoms with E-state index in [1.54, 1.807) is 18.0 Å². The van der Waals surface area contributed by atoms with Crippen LogP contribution < -0.4 is 5.32 Å². The molecule has 1 aromatic carbocycles. The fraction of sp³-hybridized carbons (Fsp3) is 0.556. The van der Waals surface area contributed by atoms with E-state index in [9.17, 15) is 4.79 Å². The fourth-order valence-corrected chi connectivity index (χ4v) is 3.29. The molecule has 0 spiro atoms. The molecule has 1 aromatic heterocycles. The summed E-state index contributed by atoms with van der Waals surface area (Å²) >= 11 is 6.00. The zero-order chi connectivity index (χ0) is 18.7. The van der Waals surface area contributed by atoms with E-state index in [-0.39, 0.29) is 11.6 Å². The Labute approximate surface area is 158 Å². The lowest BCUT2D eigenvalue weighted by molar-refractivity contribution is -0.00901. The van der Waals surface area contributed by atoms with E-state index in [1.807, 2.05) is 12.1 Å². The van der Waals surface area contributed by atoms with E-state index in [0.717, 1.165) is 43.2 Å². The third-order valence-corrected chi connectivity index (χ3v) is 5.00. The minimum atomic E-state index is -0.121. The Kier molecular flexibility index (Phi) is 5.70. The van der Waals surface area contributed by atoms with Crippen molar-refractivity contribution in [1.29, 1.82) is 0 Å². The van der Waals surface area contributed by atoms with E-state index in [2.05, 4.69) is 34.0 Å². The molecule has 142 valence electrons. The monoisotopic (exact) mass is 379 g/mol. The van der Waals surface area contributed by atoms with Gasteiger partial charge in [0.25, 0.3) is 0 Å². The van der Waals surface area contributed by atoms with Gasteiger partial charge in [-0.05, 0) is 32.0 Å². The topological polar surface area (TPSA) is 73.5 Å². The van der Waals surface area contributed by atoms with Crippen molar-refractivity contribution in [3.05, 3.63) is 29.0 Å². The number of hydrogen-bond acceptors (Lipinski definition) is 4. The molecule has 7 nitrogen and oxygen atoms in total. The number of nitrogens with zero attached hydrogens (tertiary/aromatic N) is 3. The Morgan fingerprint density at radius 1 is 1.42 bits per heavy atom. The molecule has 1 aliphatic rings. The number of urea groups is 1. The van der Waals surface area contributed by atoms with Crippen molar-refractivity contribution < 1.29 is 9.53 Å². The molecule has 0 aliphatic carbocycles. The van der Waals surface area contributed by atoms with Crippen molar-refractivity contribution in [1.82, 2.24) is 25.1 Å². The molecule has 0 bridgehead atoms. The second kappa shape index (κ2) is 7.82. The maximum absolute atomic E-state index is 12.5. The first-order valence-corrected chi connectivity index (χ1v) is 9.19. The van der Waals surface area contributed by atoms with E-state index in [4.69, 9.17) is 16.3 Å². The van der Waals surface area contributed by atoms with Crippen LogP contribution in [0, 0.1) is 0 Å². The number of benzene rings is 1. The minimum absolute atomic E-state index is 0.115. The molecule has 1 fully saturated rings. The number of morpholine rings is 1. The summed E-state index contributed by atoms with van der Waals surface area (Å²) in [5.41, 5.74) is 1.59. The molecule has 3 rings (SSSR count). The van der Waals surface area contributed by atoms with E-state index < -0.39 is 0 Å². The highest BCUT2D eigenvalue weighted by Crippen LogP contribution is 2.18. The van der Waals surface area contributed by atoms with E-state index in [1.165, 1.54) is 0 Å². The molecule has 0 saturated carbocycles. The molecule has 2 heterocycles. The number of aromatic amines is 1. The van der Waals surface area contributed by atoms with Crippen LogP contribution in [0.4, 0.5) is 4.79 Å². The summed E-state index contributed by atoms with van der Waals surface area (Å²) in [6, 6.07) is 5.38. The van der Waals surface area contributed by atoms with Crippen molar-refractivity contribution in [3.8, 4) is 0 Å². The smallest absolute Gasteiger partial charge is 0.317 e. The minimum Gasteiger partial charge on any atom is -0.379 e. The average Bonchev–Trinajstić information content (AvgIpc) is 3.01. The molecule has 2 amide bonds. The summed E-state index contributed by atoms with van der Waals surface area (Å²) in [6.07, 6.45) is 0. The highest BCUT2D eigenvalue weighted by atomic mass is 35.5. The Hall–Kier alpha value is -1.83. The summed E-state index contributed by atoms with van der Waals surface area (Å²) in [7, 11) is 1.76. The number of carbonyl (C=O) groups excluding carboxylic acids is 1. The summed E-state index contributed by atoms with van der Waals surface area (Å²) in [5.74, 6) is 0.729. The van der Waals surface area contributed by atoms with Crippen LogP contribution in [0.3, 0.4) is 0 Å². The van der Waals surface area contributed by atoms with Gasteiger partial charge in [0.1, 0.15) is 5.82 Å². The standard InChI is InChI=1S/C18H26ClN5O2/c1-18(2,24-6-8-26-9-7-24)12-20-17(25)23(3)11-16-21-14-5-4-13(19)10-15(14)22-16/h4-5,10H,6-9,11-12H2,1-3H3,(H,20,25)(H,21,22). The van der Waals surface area contributed by atoms with Crippen LogP contribution in [-0.4, -0.2) is 71.2 Å². The number of imidazole rings is 1. The van der Waals surface area contributed by atoms with Gasteiger partial charge in [-0.25, -0.2) is 9.78 Å². The van der Waals surface area contributed by atoms with Crippen LogP contribution in [0.25, 0.3) is 11.0 Å². The molecule has 8 heteroatoms. The van der Waals surface area contributed by atoms with Crippen LogP contribution in [-0.2, 0) is 11.3 Å². The number of fused-ring (bicyclic) bond motifs is 1. The van der Waals surface area contributed by atoms with Crippen molar-refractivity contribution in [2.24, 2.45) is 0 Å². The van der Waals surface area contributed by atoms with Crippen LogP contribution in [0.2, 0.25) is 5.02 Å². The molecule has 2 aromatic rings. The first kappa shape index (κ1) is 18.9. The predicted molar refractivity (Wildman–Crippen MR) is 102 cm³/mol. The third-order valence-electron chi connectivity index (χ3n) is 4.77. The Balaban J connectivity index is 1.55. The molecular weight excluding hydrogens is 354 g/mol. The average molecular weight is 380 g/mol. The number of ether oxygens (including phenoxy) is 1. The largest absolute Gasteiger partial charge is 0.379 e. The number of hydrogen-bond donors (Lipinski definition) is 2. The second-order valence-electron chi connectivity index (χ2n) is 7.27. The van der Waals surface area contributed by atoms with Crippen LogP contribution in [0.15, 0.2) is 18.2 Å². The van der Waals surface area contributed by atoms with Crippen molar-refractivity contribution in [2.45, 2.75) is 25.9 Å². The lowest BCUT2D eigenvalue weighted by Crippen LogP contribution is -2.56.